The smallest absolute Gasteiger partial charge is 0.126 e. The van der Waals surface area contributed by atoms with Crippen molar-refractivity contribution in [3.63, 3.8) is 0 Å². The van der Waals surface area contributed by atoms with Crippen LogP contribution in [0.1, 0.15) is 32.6 Å². The largest absolute Gasteiger partial charge is 0.303 e. The predicted octanol–water partition coefficient (Wildman–Crippen LogP) is 1.77. The van der Waals surface area contributed by atoms with E-state index >= 15 is 0 Å². The molecule has 0 amide bonds. The van der Waals surface area contributed by atoms with E-state index in [1.165, 1.54) is 0 Å². The molecule has 0 aromatic rings. The molecule has 0 aromatic heterocycles. The van der Waals surface area contributed by atoms with Crippen LogP contribution in [0, 0.1) is 17.3 Å². The summed E-state index contributed by atoms with van der Waals surface area (Å²) < 4.78 is 0. The topological polar surface area (TPSA) is 17.1 Å². The second-order valence-corrected chi connectivity index (χ2v) is 2.91. The first-order chi connectivity index (χ1) is 4.83. The summed E-state index contributed by atoms with van der Waals surface area (Å²) in [5.74, 6) is 5.80. The van der Waals surface area contributed by atoms with Crippen molar-refractivity contribution in [3.8, 4) is 11.8 Å². The monoisotopic (exact) mass is 136 g/mol. The number of rotatable bonds is 3. The lowest BCUT2D eigenvalue weighted by Gasteiger charge is -1.99. The lowest BCUT2D eigenvalue weighted by Crippen LogP contribution is -1.99. The van der Waals surface area contributed by atoms with Crippen molar-refractivity contribution in [3.05, 3.63) is 0 Å². The van der Waals surface area contributed by atoms with Gasteiger partial charge in [0, 0.05) is 11.8 Å². The van der Waals surface area contributed by atoms with E-state index in [4.69, 9.17) is 0 Å². The maximum Gasteiger partial charge on any atom is 0.126 e. The molecule has 0 bridgehead atoms. The highest BCUT2D eigenvalue weighted by Gasteiger charge is 2.41. The summed E-state index contributed by atoms with van der Waals surface area (Å²) in [7, 11) is 0. The molecular formula is C9H12O. The zero-order chi connectivity index (χ0) is 7.45. The van der Waals surface area contributed by atoms with Crippen LogP contribution in [-0.2, 0) is 4.79 Å². The predicted molar refractivity (Wildman–Crippen MR) is 40.4 cm³/mol. The minimum Gasteiger partial charge on any atom is -0.303 e. The first-order valence-electron chi connectivity index (χ1n) is 3.69. The van der Waals surface area contributed by atoms with E-state index in [-0.39, 0.29) is 5.41 Å². The zero-order valence-corrected chi connectivity index (χ0v) is 6.31. The first-order valence-corrected chi connectivity index (χ1v) is 3.69. The van der Waals surface area contributed by atoms with Crippen LogP contribution in [0.4, 0.5) is 0 Å². The third kappa shape index (κ3) is 1.60. The van der Waals surface area contributed by atoms with Gasteiger partial charge in [0.05, 0.1) is 0 Å². The summed E-state index contributed by atoms with van der Waals surface area (Å²) in [5, 5.41) is 0. The Morgan fingerprint density at radius 1 is 1.60 bits per heavy atom. The van der Waals surface area contributed by atoms with Crippen molar-refractivity contribution in [1.82, 2.24) is 0 Å². The van der Waals surface area contributed by atoms with Gasteiger partial charge in [-0.2, -0.15) is 0 Å². The average molecular weight is 136 g/mol. The maximum atomic E-state index is 10.4. The Morgan fingerprint density at radius 2 is 2.30 bits per heavy atom. The number of hydrogen-bond acceptors (Lipinski definition) is 1. The van der Waals surface area contributed by atoms with Crippen molar-refractivity contribution in [2.45, 2.75) is 32.6 Å². The third-order valence-electron chi connectivity index (χ3n) is 2.07. The van der Waals surface area contributed by atoms with Crippen molar-refractivity contribution in [2.24, 2.45) is 5.41 Å². The van der Waals surface area contributed by atoms with Gasteiger partial charge in [0.1, 0.15) is 6.29 Å². The van der Waals surface area contributed by atoms with Gasteiger partial charge in [0.25, 0.3) is 0 Å². The summed E-state index contributed by atoms with van der Waals surface area (Å²) in [6.07, 6.45) is 5.13. The van der Waals surface area contributed by atoms with Crippen molar-refractivity contribution in [1.29, 1.82) is 0 Å². The zero-order valence-electron chi connectivity index (χ0n) is 6.31. The fourth-order valence-corrected chi connectivity index (χ4v) is 1.02. The van der Waals surface area contributed by atoms with E-state index in [1.807, 2.05) is 6.92 Å². The Hall–Kier alpha value is -0.770. The summed E-state index contributed by atoms with van der Waals surface area (Å²) in [5.41, 5.74) is 0.0594. The van der Waals surface area contributed by atoms with Crippen molar-refractivity contribution >= 4 is 6.29 Å². The number of aldehydes is 1. The minimum absolute atomic E-state index is 0.0594. The van der Waals surface area contributed by atoms with E-state index in [1.54, 1.807) is 0 Å². The lowest BCUT2D eigenvalue weighted by atomic mass is 10.0. The molecule has 1 heteroatoms. The molecule has 0 atom stereocenters. The quantitative estimate of drug-likeness (QED) is 0.427. The highest BCUT2D eigenvalue weighted by Crippen LogP contribution is 2.47. The molecule has 0 spiro atoms. The maximum absolute atomic E-state index is 10.4. The second-order valence-electron chi connectivity index (χ2n) is 2.91. The fourth-order valence-electron chi connectivity index (χ4n) is 1.02. The van der Waals surface area contributed by atoms with Gasteiger partial charge in [-0.05, 0) is 26.2 Å². The molecule has 1 aliphatic rings. The van der Waals surface area contributed by atoms with Crippen LogP contribution in [0.2, 0.25) is 0 Å². The molecule has 0 aromatic carbocycles. The van der Waals surface area contributed by atoms with Gasteiger partial charge in [0.15, 0.2) is 0 Å². The van der Waals surface area contributed by atoms with Crippen LogP contribution >= 0.6 is 0 Å². The average Bonchev–Trinajstić information content (AvgIpc) is 2.70. The number of carbonyl (C=O) groups is 1. The van der Waals surface area contributed by atoms with Gasteiger partial charge in [-0.3, -0.25) is 0 Å². The molecule has 0 saturated heterocycles. The van der Waals surface area contributed by atoms with E-state index in [2.05, 4.69) is 11.8 Å². The molecule has 1 rings (SSSR count). The van der Waals surface area contributed by atoms with Gasteiger partial charge < -0.3 is 4.79 Å². The molecule has 10 heavy (non-hydrogen) atoms. The van der Waals surface area contributed by atoms with E-state index in [9.17, 15) is 4.79 Å². The summed E-state index contributed by atoms with van der Waals surface area (Å²) in [6, 6.07) is 0. The summed E-state index contributed by atoms with van der Waals surface area (Å²) >= 11 is 0. The molecule has 1 nitrogen and oxygen atoms in total. The molecule has 0 aliphatic heterocycles. The molecule has 0 heterocycles. The standard InChI is InChI=1S/C9H12O/c1-2-3-4-5-9(8-10)6-7-9/h8H,4-7H2,1H3. The first kappa shape index (κ1) is 7.34. The number of hydrogen-bond donors (Lipinski definition) is 0. The molecule has 0 radical (unpaired) electrons. The van der Waals surface area contributed by atoms with Crippen LogP contribution in [0.5, 0.6) is 0 Å². The second kappa shape index (κ2) is 2.88. The van der Waals surface area contributed by atoms with Gasteiger partial charge >= 0.3 is 0 Å². The normalized spacial score (nSPS) is 18.9. The molecular weight excluding hydrogens is 124 g/mol. The summed E-state index contributed by atoms with van der Waals surface area (Å²) in [4.78, 5) is 10.4. The van der Waals surface area contributed by atoms with Gasteiger partial charge in [-0.25, -0.2) is 0 Å². The van der Waals surface area contributed by atoms with Crippen LogP contribution in [0.3, 0.4) is 0 Å². The lowest BCUT2D eigenvalue weighted by molar-refractivity contribution is -0.112. The van der Waals surface area contributed by atoms with Crippen LogP contribution < -0.4 is 0 Å². The third-order valence-corrected chi connectivity index (χ3v) is 2.07. The molecule has 54 valence electrons. The highest BCUT2D eigenvalue weighted by molar-refractivity contribution is 5.63. The number of carbonyl (C=O) groups excluding carboxylic acids is 1. The molecule has 1 aliphatic carbocycles. The Labute approximate surface area is 61.8 Å². The SMILES string of the molecule is CC#CCCC1(C=O)CC1. The molecule has 0 unspecified atom stereocenters. The highest BCUT2D eigenvalue weighted by atomic mass is 16.1. The Morgan fingerprint density at radius 3 is 2.70 bits per heavy atom. The fraction of sp³-hybridized carbons (Fsp3) is 0.667. The Balaban J connectivity index is 2.23. The van der Waals surface area contributed by atoms with Gasteiger partial charge in [-0.15, -0.1) is 11.8 Å². The van der Waals surface area contributed by atoms with E-state index in [0.717, 1.165) is 32.0 Å². The van der Waals surface area contributed by atoms with Gasteiger partial charge in [-0.1, -0.05) is 0 Å². The van der Waals surface area contributed by atoms with Gasteiger partial charge in [0.2, 0.25) is 0 Å². The van der Waals surface area contributed by atoms with Crippen LogP contribution in [0.25, 0.3) is 0 Å². The molecule has 0 N–H and O–H groups in total. The summed E-state index contributed by atoms with van der Waals surface area (Å²) in [6.45, 7) is 1.83. The Bertz CT molecular complexity index is 179. The van der Waals surface area contributed by atoms with Crippen molar-refractivity contribution < 1.29 is 4.79 Å². The van der Waals surface area contributed by atoms with Crippen molar-refractivity contribution in [2.75, 3.05) is 0 Å². The van der Waals surface area contributed by atoms with Crippen LogP contribution in [0.15, 0.2) is 0 Å². The molecule has 1 fully saturated rings. The minimum atomic E-state index is 0.0594. The Kier molecular flexibility index (Phi) is 2.11. The van der Waals surface area contributed by atoms with Crippen LogP contribution in [-0.4, -0.2) is 6.29 Å². The van der Waals surface area contributed by atoms with E-state index in [0.29, 0.717) is 0 Å². The molecule has 1 saturated carbocycles. The van der Waals surface area contributed by atoms with E-state index < -0.39 is 0 Å².